The zero-order valence-corrected chi connectivity index (χ0v) is 23.8. The summed E-state index contributed by atoms with van der Waals surface area (Å²) in [6, 6.07) is 11.2. The smallest absolute Gasteiger partial charge is 0.422 e. The van der Waals surface area contributed by atoms with Crippen LogP contribution in [0.3, 0.4) is 0 Å². The predicted molar refractivity (Wildman–Crippen MR) is 146 cm³/mol. The fourth-order valence-corrected chi connectivity index (χ4v) is 7.86. The molecule has 43 heavy (non-hydrogen) atoms. The van der Waals surface area contributed by atoms with Crippen LogP contribution in [0.25, 0.3) is 0 Å². The third-order valence-electron chi connectivity index (χ3n) is 10.00. The summed E-state index contributed by atoms with van der Waals surface area (Å²) in [4.78, 5) is 16.4. The van der Waals surface area contributed by atoms with Gasteiger partial charge in [-0.2, -0.15) is 13.2 Å². The number of ether oxygens (including phenoxy) is 2. The third kappa shape index (κ3) is 5.99. The van der Waals surface area contributed by atoms with Crippen molar-refractivity contribution >= 4 is 5.91 Å². The summed E-state index contributed by atoms with van der Waals surface area (Å²) in [6.07, 6.45) is -3.39. The van der Waals surface area contributed by atoms with Crippen molar-refractivity contribution in [3.05, 3.63) is 65.0 Å². The molecule has 1 aliphatic carbocycles. The quantitative estimate of drug-likeness (QED) is 0.401. The number of likely N-dealkylation sites (tertiary alicyclic amines) is 1. The number of benzene rings is 2. The molecule has 0 aromatic heterocycles. The first kappa shape index (κ1) is 30.2. The van der Waals surface area contributed by atoms with E-state index in [0.29, 0.717) is 43.6 Å². The molecule has 1 N–H and O–H groups in total. The Labute approximate surface area is 246 Å². The molecule has 4 aliphatic rings. The Kier molecular flexibility index (Phi) is 8.17. The van der Waals surface area contributed by atoms with Crippen LogP contribution in [0, 0.1) is 17.7 Å². The average Bonchev–Trinajstić information content (AvgIpc) is 3.39. The van der Waals surface area contributed by atoms with E-state index in [4.69, 9.17) is 9.47 Å². The standard InChI is InChI=1S/C32H36F6N2O3/c33-26-6-2-1-4-22(26)21-10-13-40(27(14-21)20-8-11-31(34,35)12-9-20)29(41)25-15-39-17-30(25)18-42-16-23-24(30)5-3-7-28(23)43-19-32(36,37)38/h1-7,20-21,25,27,39H,8-19H2/t21-,25+,27+,30-/m1/s1. The number of nitrogens with one attached hydrogen (secondary N) is 1. The molecule has 0 radical (unpaired) electrons. The molecular formula is C32H36F6N2O3. The van der Waals surface area contributed by atoms with E-state index in [2.05, 4.69) is 5.32 Å². The van der Waals surface area contributed by atoms with E-state index in [1.165, 1.54) is 12.1 Å². The minimum atomic E-state index is -4.50. The zero-order valence-electron chi connectivity index (χ0n) is 23.8. The number of hydrogen-bond donors (Lipinski definition) is 1. The Hall–Kier alpha value is -2.79. The number of fused-ring (bicyclic) bond motifs is 2. The molecule has 234 valence electrons. The molecule has 11 heteroatoms. The van der Waals surface area contributed by atoms with Gasteiger partial charge in [0.25, 0.3) is 0 Å². The van der Waals surface area contributed by atoms with Gasteiger partial charge in [0.05, 0.1) is 19.1 Å². The Morgan fingerprint density at radius 3 is 2.58 bits per heavy atom. The van der Waals surface area contributed by atoms with Gasteiger partial charge in [0.1, 0.15) is 11.6 Å². The van der Waals surface area contributed by atoms with Gasteiger partial charge in [0.2, 0.25) is 11.8 Å². The number of halogens is 6. The van der Waals surface area contributed by atoms with Crippen molar-refractivity contribution in [3.63, 3.8) is 0 Å². The highest BCUT2D eigenvalue weighted by atomic mass is 19.4. The van der Waals surface area contributed by atoms with Crippen LogP contribution in [0.15, 0.2) is 42.5 Å². The van der Waals surface area contributed by atoms with Crippen LogP contribution >= 0.6 is 0 Å². The summed E-state index contributed by atoms with van der Waals surface area (Å²) >= 11 is 0. The zero-order chi connectivity index (χ0) is 30.4. The van der Waals surface area contributed by atoms with Crippen molar-refractivity contribution in [2.75, 3.05) is 32.8 Å². The van der Waals surface area contributed by atoms with Gasteiger partial charge in [-0.3, -0.25) is 4.79 Å². The Balaban J connectivity index is 1.30. The lowest BCUT2D eigenvalue weighted by Gasteiger charge is -2.48. The summed E-state index contributed by atoms with van der Waals surface area (Å²) in [5, 5.41) is 3.32. The highest BCUT2D eigenvalue weighted by molar-refractivity contribution is 5.82. The molecular weight excluding hydrogens is 574 g/mol. The summed E-state index contributed by atoms with van der Waals surface area (Å²) in [5.74, 6) is -3.93. The molecule has 2 aromatic carbocycles. The van der Waals surface area contributed by atoms with Gasteiger partial charge in [-0.15, -0.1) is 0 Å². The SMILES string of the molecule is O=C([C@@H]1CNC[C@]12COCc1c(OCC(F)(F)F)cccc12)N1CC[C@@H](c2ccccc2F)C[C@H]1C1CCC(F)(F)CC1. The van der Waals surface area contributed by atoms with Crippen LogP contribution in [0.2, 0.25) is 0 Å². The highest BCUT2D eigenvalue weighted by Crippen LogP contribution is 2.48. The van der Waals surface area contributed by atoms with Crippen LogP contribution in [0.1, 0.15) is 61.1 Å². The topological polar surface area (TPSA) is 50.8 Å². The number of nitrogens with zero attached hydrogens (tertiary/aromatic N) is 1. The number of amides is 1. The second kappa shape index (κ2) is 11.6. The van der Waals surface area contributed by atoms with Gasteiger partial charge in [0.15, 0.2) is 6.61 Å². The Bertz CT molecular complexity index is 1330. The van der Waals surface area contributed by atoms with Crippen LogP contribution < -0.4 is 10.1 Å². The minimum Gasteiger partial charge on any atom is -0.484 e. The monoisotopic (exact) mass is 610 g/mol. The molecule has 1 saturated carbocycles. The predicted octanol–water partition coefficient (Wildman–Crippen LogP) is 6.35. The van der Waals surface area contributed by atoms with E-state index in [1.807, 2.05) is 11.0 Å². The van der Waals surface area contributed by atoms with Crippen molar-refractivity contribution in [3.8, 4) is 5.75 Å². The largest absolute Gasteiger partial charge is 0.484 e. The Morgan fingerprint density at radius 1 is 1.07 bits per heavy atom. The molecule has 3 aliphatic heterocycles. The van der Waals surface area contributed by atoms with E-state index in [-0.39, 0.29) is 74.2 Å². The van der Waals surface area contributed by atoms with E-state index < -0.39 is 30.0 Å². The first-order chi connectivity index (χ1) is 20.5. The molecule has 0 unspecified atom stereocenters. The lowest BCUT2D eigenvalue weighted by Crippen LogP contribution is -2.56. The normalized spacial score (nSPS) is 29.4. The number of rotatable bonds is 5. The molecule has 0 bridgehead atoms. The van der Waals surface area contributed by atoms with Crippen LogP contribution in [-0.2, 0) is 21.6 Å². The Morgan fingerprint density at radius 2 is 1.84 bits per heavy atom. The number of carbonyl (C=O) groups is 1. The molecule has 2 saturated heterocycles. The van der Waals surface area contributed by atoms with Gasteiger partial charge in [0, 0.05) is 49.5 Å². The fraction of sp³-hybridized carbons (Fsp3) is 0.594. The van der Waals surface area contributed by atoms with Crippen molar-refractivity contribution in [2.24, 2.45) is 11.8 Å². The van der Waals surface area contributed by atoms with Crippen molar-refractivity contribution in [1.29, 1.82) is 0 Å². The molecule has 4 atom stereocenters. The second-order valence-corrected chi connectivity index (χ2v) is 12.6. The third-order valence-corrected chi connectivity index (χ3v) is 10.00. The highest BCUT2D eigenvalue weighted by Gasteiger charge is 2.54. The van der Waals surface area contributed by atoms with Crippen LogP contribution in [0.4, 0.5) is 26.3 Å². The maximum Gasteiger partial charge on any atom is 0.422 e. The van der Waals surface area contributed by atoms with Gasteiger partial charge in [-0.25, -0.2) is 13.2 Å². The van der Waals surface area contributed by atoms with Crippen LogP contribution in [-0.4, -0.2) is 61.8 Å². The maximum absolute atomic E-state index is 14.8. The minimum absolute atomic E-state index is 0.0684. The summed E-state index contributed by atoms with van der Waals surface area (Å²) in [6.45, 7) is -0.0548. The first-order valence-electron chi connectivity index (χ1n) is 15.0. The number of carbonyl (C=O) groups excluding carboxylic acids is 1. The number of piperidine rings is 1. The molecule has 1 spiro atoms. The van der Waals surface area contributed by atoms with Crippen molar-refractivity contribution < 1.29 is 40.6 Å². The first-order valence-corrected chi connectivity index (χ1v) is 15.0. The fourth-order valence-electron chi connectivity index (χ4n) is 7.86. The molecule has 6 rings (SSSR count). The molecule has 5 nitrogen and oxygen atoms in total. The van der Waals surface area contributed by atoms with Crippen molar-refractivity contribution in [1.82, 2.24) is 10.2 Å². The van der Waals surface area contributed by atoms with Crippen molar-refractivity contribution in [2.45, 2.75) is 74.6 Å². The van der Waals surface area contributed by atoms with Gasteiger partial charge >= 0.3 is 6.18 Å². The van der Waals surface area contributed by atoms with E-state index >= 15 is 0 Å². The lowest BCUT2D eigenvalue weighted by molar-refractivity contribution is -0.153. The summed E-state index contributed by atoms with van der Waals surface area (Å²) in [7, 11) is 0. The number of hydrogen-bond acceptors (Lipinski definition) is 4. The molecule has 1 amide bonds. The van der Waals surface area contributed by atoms with E-state index in [1.54, 1.807) is 24.3 Å². The van der Waals surface area contributed by atoms with Gasteiger partial charge in [-0.1, -0.05) is 30.3 Å². The van der Waals surface area contributed by atoms with E-state index in [0.717, 1.165) is 5.56 Å². The lowest BCUT2D eigenvalue weighted by atomic mass is 9.68. The summed E-state index contributed by atoms with van der Waals surface area (Å²) in [5.41, 5.74) is 0.996. The number of alkyl halides is 5. The van der Waals surface area contributed by atoms with Crippen LogP contribution in [0.5, 0.6) is 5.75 Å². The van der Waals surface area contributed by atoms with Gasteiger partial charge < -0.3 is 19.7 Å². The second-order valence-electron chi connectivity index (χ2n) is 12.6. The van der Waals surface area contributed by atoms with Gasteiger partial charge in [-0.05, 0) is 60.8 Å². The summed E-state index contributed by atoms with van der Waals surface area (Å²) < 4.78 is 93.0. The molecule has 3 heterocycles. The average molecular weight is 611 g/mol. The maximum atomic E-state index is 14.8. The van der Waals surface area contributed by atoms with E-state index in [9.17, 15) is 31.1 Å². The molecule has 3 fully saturated rings. The molecule has 2 aromatic rings.